The van der Waals surface area contributed by atoms with E-state index < -0.39 is 0 Å². The van der Waals surface area contributed by atoms with Crippen LogP contribution in [0, 0.1) is 5.92 Å². The van der Waals surface area contributed by atoms with Crippen molar-refractivity contribution in [2.75, 3.05) is 26.2 Å². The Morgan fingerprint density at radius 3 is 2.79 bits per heavy atom. The van der Waals surface area contributed by atoms with Crippen LogP contribution in [-0.4, -0.2) is 42.9 Å². The maximum absolute atomic E-state index is 5.81. The molecular weight excluding hydrogens is 176 g/mol. The second-order valence-corrected chi connectivity index (χ2v) is 4.96. The molecule has 3 nitrogen and oxygen atoms in total. The second-order valence-electron chi connectivity index (χ2n) is 4.96. The molecule has 2 aliphatic heterocycles. The van der Waals surface area contributed by atoms with Gasteiger partial charge in [0.15, 0.2) is 0 Å². The number of hydrogen-bond acceptors (Lipinski definition) is 3. The molecule has 82 valence electrons. The Labute approximate surface area is 86.8 Å². The van der Waals surface area contributed by atoms with Gasteiger partial charge in [-0.15, -0.1) is 0 Å². The Morgan fingerprint density at radius 2 is 2.29 bits per heavy atom. The highest BCUT2D eigenvalue weighted by molar-refractivity contribution is 4.92. The maximum Gasteiger partial charge on any atom is 0.120 e. The van der Waals surface area contributed by atoms with Crippen LogP contribution in [0.3, 0.4) is 0 Å². The summed E-state index contributed by atoms with van der Waals surface area (Å²) in [7, 11) is 0. The highest BCUT2D eigenvalue weighted by Crippen LogP contribution is 2.31. The van der Waals surface area contributed by atoms with E-state index in [0.717, 1.165) is 13.2 Å². The third kappa shape index (κ3) is 1.81. The van der Waals surface area contributed by atoms with Gasteiger partial charge in [0.2, 0.25) is 0 Å². The number of nitrogens with zero attached hydrogens (tertiary/aromatic N) is 1. The lowest BCUT2D eigenvalue weighted by atomic mass is 9.97. The quantitative estimate of drug-likeness (QED) is 0.718. The van der Waals surface area contributed by atoms with E-state index in [4.69, 9.17) is 4.74 Å². The molecule has 0 aromatic carbocycles. The molecule has 0 bridgehead atoms. The van der Waals surface area contributed by atoms with Gasteiger partial charge in [-0.05, 0) is 33.7 Å². The molecule has 0 radical (unpaired) electrons. The van der Waals surface area contributed by atoms with Crippen molar-refractivity contribution in [3.63, 3.8) is 0 Å². The Bertz CT molecular complexity index is 199. The third-order valence-corrected chi connectivity index (χ3v) is 3.71. The minimum absolute atomic E-state index is 0.0519. The van der Waals surface area contributed by atoms with Crippen LogP contribution >= 0.6 is 0 Å². The van der Waals surface area contributed by atoms with Gasteiger partial charge in [0.05, 0.1) is 6.61 Å². The van der Waals surface area contributed by atoms with Gasteiger partial charge in [0, 0.05) is 25.0 Å². The molecule has 14 heavy (non-hydrogen) atoms. The summed E-state index contributed by atoms with van der Waals surface area (Å²) < 4.78 is 5.81. The molecule has 0 aromatic rings. The van der Waals surface area contributed by atoms with E-state index in [1.54, 1.807) is 0 Å². The summed E-state index contributed by atoms with van der Waals surface area (Å²) in [6.45, 7) is 11.0. The Hall–Kier alpha value is -0.120. The van der Waals surface area contributed by atoms with E-state index >= 15 is 0 Å². The van der Waals surface area contributed by atoms with Crippen molar-refractivity contribution in [3.8, 4) is 0 Å². The summed E-state index contributed by atoms with van der Waals surface area (Å²) in [6, 6.07) is 0.671. The molecular formula is C11H22N2O. The van der Waals surface area contributed by atoms with Crippen LogP contribution in [0.5, 0.6) is 0 Å². The van der Waals surface area contributed by atoms with Crippen LogP contribution in [-0.2, 0) is 4.74 Å². The molecule has 0 saturated carbocycles. The first kappa shape index (κ1) is 10.4. The average molecular weight is 198 g/mol. The van der Waals surface area contributed by atoms with Crippen molar-refractivity contribution < 1.29 is 4.74 Å². The van der Waals surface area contributed by atoms with E-state index in [9.17, 15) is 0 Å². The van der Waals surface area contributed by atoms with Crippen LogP contribution in [0.25, 0.3) is 0 Å². The summed E-state index contributed by atoms with van der Waals surface area (Å²) in [4.78, 5) is 2.54. The predicted molar refractivity (Wildman–Crippen MR) is 57.2 cm³/mol. The van der Waals surface area contributed by atoms with Gasteiger partial charge < -0.3 is 9.64 Å². The van der Waals surface area contributed by atoms with Crippen molar-refractivity contribution >= 4 is 0 Å². The lowest BCUT2D eigenvalue weighted by Crippen LogP contribution is -2.46. The van der Waals surface area contributed by atoms with E-state index in [-0.39, 0.29) is 5.72 Å². The smallest absolute Gasteiger partial charge is 0.120 e. The van der Waals surface area contributed by atoms with Gasteiger partial charge in [-0.25, -0.2) is 0 Å². The summed E-state index contributed by atoms with van der Waals surface area (Å²) in [6.07, 6.45) is 1.27. The highest BCUT2D eigenvalue weighted by atomic mass is 16.5. The first-order valence-corrected chi connectivity index (χ1v) is 5.75. The summed E-state index contributed by atoms with van der Waals surface area (Å²) in [5.74, 6) is 0.660. The fourth-order valence-electron chi connectivity index (χ4n) is 2.58. The molecule has 0 aliphatic carbocycles. The second kappa shape index (κ2) is 3.80. The first-order valence-electron chi connectivity index (χ1n) is 5.75. The molecule has 1 N–H and O–H groups in total. The summed E-state index contributed by atoms with van der Waals surface area (Å²) in [5, 5.41) is 3.49. The Balaban J connectivity index is 1.94. The lowest BCUT2D eigenvalue weighted by Gasteiger charge is -2.31. The number of nitrogens with one attached hydrogen (secondary N) is 1. The minimum atomic E-state index is -0.0519. The molecule has 0 amide bonds. The molecule has 2 unspecified atom stereocenters. The third-order valence-electron chi connectivity index (χ3n) is 3.71. The minimum Gasteiger partial charge on any atom is -0.359 e. The zero-order valence-corrected chi connectivity index (χ0v) is 9.55. The fourth-order valence-corrected chi connectivity index (χ4v) is 2.58. The van der Waals surface area contributed by atoms with Gasteiger partial charge in [0.1, 0.15) is 5.72 Å². The fraction of sp³-hybridized carbons (Fsp3) is 1.00. The molecule has 2 atom stereocenters. The lowest BCUT2D eigenvalue weighted by molar-refractivity contribution is -0.0401. The number of ether oxygens (including phenoxy) is 1. The van der Waals surface area contributed by atoms with Crippen LogP contribution in [0.15, 0.2) is 0 Å². The van der Waals surface area contributed by atoms with Gasteiger partial charge >= 0.3 is 0 Å². The van der Waals surface area contributed by atoms with Crippen molar-refractivity contribution in [1.29, 1.82) is 0 Å². The van der Waals surface area contributed by atoms with Crippen LogP contribution in [0.2, 0.25) is 0 Å². The average Bonchev–Trinajstić information content (AvgIpc) is 2.71. The zero-order valence-electron chi connectivity index (χ0n) is 9.55. The highest BCUT2D eigenvalue weighted by Gasteiger charge is 2.41. The summed E-state index contributed by atoms with van der Waals surface area (Å²) in [5.41, 5.74) is -0.0519. The Kier molecular flexibility index (Phi) is 2.82. The molecule has 2 saturated heterocycles. The molecule has 2 heterocycles. The van der Waals surface area contributed by atoms with Gasteiger partial charge in [-0.1, -0.05) is 0 Å². The van der Waals surface area contributed by atoms with Gasteiger partial charge in [-0.3, -0.25) is 5.32 Å². The standard InChI is InChI=1S/C11H22N2O/c1-9(2)13-6-4-10(8-13)11(3)12-5-7-14-11/h9-10,12H,4-8H2,1-3H3. The SMILES string of the molecule is CC(C)N1CCC(C2(C)NCCO2)C1. The molecule has 0 spiro atoms. The molecule has 2 rings (SSSR count). The monoisotopic (exact) mass is 198 g/mol. The molecule has 0 aromatic heterocycles. The summed E-state index contributed by atoms with van der Waals surface area (Å²) >= 11 is 0. The van der Waals surface area contributed by atoms with E-state index in [1.807, 2.05) is 0 Å². The maximum atomic E-state index is 5.81. The van der Waals surface area contributed by atoms with Crippen molar-refractivity contribution in [1.82, 2.24) is 10.2 Å². The normalized spacial score (nSPS) is 39.9. The van der Waals surface area contributed by atoms with E-state index in [2.05, 4.69) is 31.0 Å². The van der Waals surface area contributed by atoms with Gasteiger partial charge in [0.25, 0.3) is 0 Å². The van der Waals surface area contributed by atoms with Crippen LogP contribution in [0.1, 0.15) is 27.2 Å². The largest absolute Gasteiger partial charge is 0.359 e. The van der Waals surface area contributed by atoms with Crippen molar-refractivity contribution in [2.45, 2.75) is 39.0 Å². The topological polar surface area (TPSA) is 24.5 Å². The van der Waals surface area contributed by atoms with E-state index in [1.165, 1.54) is 19.5 Å². The number of hydrogen-bond donors (Lipinski definition) is 1. The van der Waals surface area contributed by atoms with Crippen LogP contribution < -0.4 is 5.32 Å². The van der Waals surface area contributed by atoms with Gasteiger partial charge in [-0.2, -0.15) is 0 Å². The first-order chi connectivity index (χ1) is 6.62. The van der Waals surface area contributed by atoms with Crippen molar-refractivity contribution in [2.24, 2.45) is 5.92 Å². The van der Waals surface area contributed by atoms with E-state index in [0.29, 0.717) is 12.0 Å². The number of likely N-dealkylation sites (tertiary alicyclic amines) is 1. The molecule has 2 aliphatic rings. The molecule has 2 fully saturated rings. The number of rotatable bonds is 2. The van der Waals surface area contributed by atoms with Crippen LogP contribution in [0.4, 0.5) is 0 Å². The predicted octanol–water partition coefficient (Wildman–Crippen LogP) is 1.05. The Morgan fingerprint density at radius 1 is 1.50 bits per heavy atom. The van der Waals surface area contributed by atoms with Crippen molar-refractivity contribution in [3.05, 3.63) is 0 Å². The zero-order chi connectivity index (χ0) is 10.2. The molecule has 3 heteroatoms.